The maximum absolute atomic E-state index is 11.6. The van der Waals surface area contributed by atoms with Crippen molar-refractivity contribution in [3.8, 4) is 0 Å². The molecule has 0 aliphatic heterocycles. The van der Waals surface area contributed by atoms with Gasteiger partial charge in [-0.1, -0.05) is 0 Å². The van der Waals surface area contributed by atoms with Gasteiger partial charge in [-0.25, -0.2) is 9.59 Å². The van der Waals surface area contributed by atoms with Crippen LogP contribution in [-0.4, -0.2) is 41.5 Å². The molecule has 0 bridgehead atoms. The average molecular weight is 266 g/mol. The van der Waals surface area contributed by atoms with Gasteiger partial charge in [0.05, 0.1) is 12.8 Å². The Morgan fingerprint density at radius 2 is 1.67 bits per heavy atom. The molecule has 0 saturated heterocycles. The fourth-order valence-corrected chi connectivity index (χ4v) is 0.584. The van der Waals surface area contributed by atoms with Gasteiger partial charge < -0.3 is 20.9 Å². The number of carbonyl (C=O) groups excluding carboxylic acids is 3. The molecule has 0 unspecified atom stereocenters. The Morgan fingerprint density at radius 3 is 2.06 bits per heavy atom. The van der Waals surface area contributed by atoms with Crippen LogP contribution >= 0.6 is 0 Å². The van der Waals surface area contributed by atoms with Crippen molar-refractivity contribution in [2.24, 2.45) is 0 Å². The summed E-state index contributed by atoms with van der Waals surface area (Å²) >= 11 is 0. The van der Waals surface area contributed by atoms with E-state index in [-0.39, 0.29) is 20.3 Å². The first-order valence-corrected chi connectivity index (χ1v) is 4.00. The second kappa shape index (κ2) is 8.15. The molecule has 0 atom stereocenters. The van der Waals surface area contributed by atoms with Crippen LogP contribution in [-0.2, 0) is 23.8 Å². The van der Waals surface area contributed by atoms with Crippen molar-refractivity contribution >= 4 is 25.2 Å². The topological polar surface area (TPSA) is 110 Å². The standard InChI is InChI=1S/C6H6BF3O7.Li.H/c8-6(9,10)2-1-3(11)16-4(12)5(13)17-7(14)15;;/h14-15H,1-2H2;;/q;+1;-1. The van der Waals surface area contributed by atoms with Crippen LogP contribution in [0.3, 0.4) is 0 Å². The average Bonchev–Trinajstić information content (AvgIpc) is 2.12. The Hall–Kier alpha value is -1.02. The van der Waals surface area contributed by atoms with Crippen LogP contribution in [0.15, 0.2) is 0 Å². The quantitative estimate of drug-likeness (QED) is 0.232. The summed E-state index contributed by atoms with van der Waals surface area (Å²) in [5.41, 5.74) is 0. The van der Waals surface area contributed by atoms with E-state index in [2.05, 4.69) is 9.39 Å². The van der Waals surface area contributed by atoms with E-state index in [0.29, 0.717) is 0 Å². The first-order valence-electron chi connectivity index (χ1n) is 4.00. The van der Waals surface area contributed by atoms with Crippen molar-refractivity contribution in [3.63, 3.8) is 0 Å². The second-order valence-corrected chi connectivity index (χ2v) is 2.61. The Kier molecular flexibility index (Phi) is 8.75. The predicted molar refractivity (Wildman–Crippen MR) is 43.8 cm³/mol. The zero-order chi connectivity index (χ0) is 13.6. The minimum absolute atomic E-state index is 0. The molecular formula is C6H7BF3LiO7. The Morgan fingerprint density at radius 1 is 1.17 bits per heavy atom. The Labute approximate surface area is 112 Å². The Balaban J connectivity index is -0.00000128. The molecular weight excluding hydrogens is 259 g/mol. The van der Waals surface area contributed by atoms with Gasteiger partial charge in [-0.2, -0.15) is 13.2 Å². The molecule has 0 radical (unpaired) electrons. The molecule has 0 aliphatic carbocycles. The van der Waals surface area contributed by atoms with Crippen LogP contribution in [0.1, 0.15) is 14.3 Å². The minimum Gasteiger partial charge on any atom is -1.00 e. The molecule has 0 aromatic carbocycles. The number of rotatable bonds is 3. The fourth-order valence-electron chi connectivity index (χ4n) is 0.584. The van der Waals surface area contributed by atoms with Crippen molar-refractivity contribution in [2.75, 3.05) is 0 Å². The van der Waals surface area contributed by atoms with E-state index in [0.717, 1.165) is 0 Å². The predicted octanol–water partition coefficient (Wildman–Crippen LogP) is -3.97. The van der Waals surface area contributed by atoms with E-state index in [1.165, 1.54) is 0 Å². The van der Waals surface area contributed by atoms with Gasteiger partial charge in [0.2, 0.25) is 0 Å². The summed E-state index contributed by atoms with van der Waals surface area (Å²) in [6, 6.07) is 0. The van der Waals surface area contributed by atoms with Gasteiger partial charge in [-0.05, 0) is 0 Å². The molecule has 0 amide bonds. The van der Waals surface area contributed by atoms with E-state index < -0.39 is 44.2 Å². The molecule has 0 aromatic rings. The molecule has 98 valence electrons. The normalized spacial score (nSPS) is 10.1. The molecule has 0 aromatic heterocycles. The van der Waals surface area contributed by atoms with Gasteiger partial charge in [-0.3, -0.25) is 4.79 Å². The van der Waals surface area contributed by atoms with E-state index in [1.54, 1.807) is 0 Å². The van der Waals surface area contributed by atoms with Crippen molar-refractivity contribution in [2.45, 2.75) is 19.0 Å². The third kappa shape index (κ3) is 10.2. The van der Waals surface area contributed by atoms with Crippen LogP contribution in [0.25, 0.3) is 0 Å². The van der Waals surface area contributed by atoms with Gasteiger partial charge in [0.1, 0.15) is 0 Å². The van der Waals surface area contributed by atoms with Gasteiger partial charge in [0.25, 0.3) is 0 Å². The largest absolute Gasteiger partial charge is 1.00 e. The van der Waals surface area contributed by atoms with Crippen LogP contribution < -0.4 is 18.9 Å². The number of alkyl halides is 3. The summed E-state index contributed by atoms with van der Waals surface area (Å²) in [5, 5.41) is 16.2. The SMILES string of the molecule is O=C(CCC(F)(F)F)OC(=O)C(=O)OB(O)O.[H-].[Li+]. The fraction of sp³-hybridized carbons (Fsp3) is 0.500. The summed E-state index contributed by atoms with van der Waals surface area (Å²) < 4.78 is 42.0. The van der Waals surface area contributed by atoms with Crippen molar-refractivity contribution < 1.29 is 67.3 Å². The summed E-state index contributed by atoms with van der Waals surface area (Å²) in [7, 11) is -2.60. The number of ether oxygens (including phenoxy) is 1. The zero-order valence-corrected chi connectivity index (χ0v) is 9.06. The third-order valence-electron chi connectivity index (χ3n) is 1.20. The number of carbonyl (C=O) groups is 3. The van der Waals surface area contributed by atoms with Gasteiger partial charge >= 0.3 is 50.3 Å². The molecule has 0 spiro atoms. The van der Waals surface area contributed by atoms with E-state index in [9.17, 15) is 27.6 Å². The van der Waals surface area contributed by atoms with Gasteiger partial charge in [0.15, 0.2) is 0 Å². The minimum atomic E-state index is -4.61. The smallest absolute Gasteiger partial charge is 1.00 e. The van der Waals surface area contributed by atoms with Crippen LogP contribution in [0.5, 0.6) is 0 Å². The van der Waals surface area contributed by atoms with Crippen molar-refractivity contribution in [3.05, 3.63) is 0 Å². The van der Waals surface area contributed by atoms with Crippen molar-refractivity contribution in [1.82, 2.24) is 0 Å². The molecule has 2 N–H and O–H groups in total. The zero-order valence-electron chi connectivity index (χ0n) is 10.1. The number of hydrogen-bond acceptors (Lipinski definition) is 7. The number of esters is 2. The first-order chi connectivity index (χ1) is 7.61. The number of hydrogen-bond donors (Lipinski definition) is 2. The van der Waals surface area contributed by atoms with Crippen LogP contribution in [0.4, 0.5) is 13.2 Å². The second-order valence-electron chi connectivity index (χ2n) is 2.61. The summed E-state index contributed by atoms with van der Waals surface area (Å²) in [6.07, 6.45) is -7.27. The monoisotopic (exact) mass is 266 g/mol. The molecule has 0 heterocycles. The van der Waals surface area contributed by atoms with Crippen molar-refractivity contribution in [1.29, 1.82) is 0 Å². The van der Waals surface area contributed by atoms with E-state index in [4.69, 9.17) is 10.0 Å². The Bertz CT molecular complexity index is 324. The molecule has 0 rings (SSSR count). The summed E-state index contributed by atoms with van der Waals surface area (Å²) in [6.45, 7) is 0. The molecule has 0 saturated carbocycles. The van der Waals surface area contributed by atoms with Gasteiger partial charge in [0, 0.05) is 0 Å². The van der Waals surface area contributed by atoms with E-state index >= 15 is 0 Å². The molecule has 0 fully saturated rings. The van der Waals surface area contributed by atoms with Gasteiger partial charge in [-0.15, -0.1) is 0 Å². The molecule has 7 nitrogen and oxygen atoms in total. The van der Waals surface area contributed by atoms with Crippen LogP contribution in [0.2, 0.25) is 0 Å². The molecule has 18 heavy (non-hydrogen) atoms. The maximum atomic E-state index is 11.6. The first kappa shape index (κ1) is 19.3. The molecule has 0 aliphatic rings. The summed E-state index contributed by atoms with van der Waals surface area (Å²) in [4.78, 5) is 31.7. The maximum Gasteiger partial charge on any atom is 1.00 e. The molecule has 12 heteroatoms. The third-order valence-corrected chi connectivity index (χ3v) is 1.20. The number of halogens is 3. The van der Waals surface area contributed by atoms with E-state index in [1.807, 2.05) is 0 Å². The van der Waals surface area contributed by atoms with Crippen LogP contribution in [0, 0.1) is 0 Å². The summed E-state index contributed by atoms with van der Waals surface area (Å²) in [5.74, 6) is -5.44.